The fraction of sp³-hybridized carbons (Fsp3) is 0.188. The first kappa shape index (κ1) is 13.1. The molecule has 19 heavy (non-hydrogen) atoms. The van der Waals surface area contributed by atoms with Crippen LogP contribution in [0.1, 0.15) is 5.56 Å². The molecule has 98 valence electrons. The lowest BCUT2D eigenvalue weighted by molar-refractivity contribution is -0.107. The van der Waals surface area contributed by atoms with Gasteiger partial charge in [-0.25, -0.2) is 0 Å². The van der Waals surface area contributed by atoms with Crippen molar-refractivity contribution < 1.29 is 14.3 Å². The molecule has 0 saturated carbocycles. The SMILES string of the molecule is COc1ccc(OC)c(-c2ccc(CC=O)cc2)c1. The lowest BCUT2D eigenvalue weighted by Gasteiger charge is -2.11. The van der Waals surface area contributed by atoms with E-state index in [4.69, 9.17) is 9.47 Å². The highest BCUT2D eigenvalue weighted by molar-refractivity contribution is 5.72. The molecule has 0 bridgehead atoms. The van der Waals surface area contributed by atoms with Gasteiger partial charge in [0, 0.05) is 12.0 Å². The van der Waals surface area contributed by atoms with Crippen LogP contribution in [-0.4, -0.2) is 20.5 Å². The van der Waals surface area contributed by atoms with Gasteiger partial charge in [0.1, 0.15) is 17.8 Å². The number of methoxy groups -OCH3 is 2. The second-order valence-corrected chi connectivity index (χ2v) is 4.13. The van der Waals surface area contributed by atoms with Crippen LogP contribution >= 0.6 is 0 Å². The summed E-state index contributed by atoms with van der Waals surface area (Å²) in [6, 6.07) is 13.5. The zero-order valence-electron chi connectivity index (χ0n) is 11.1. The van der Waals surface area contributed by atoms with E-state index in [2.05, 4.69) is 0 Å². The fourth-order valence-electron chi connectivity index (χ4n) is 1.96. The van der Waals surface area contributed by atoms with Crippen LogP contribution < -0.4 is 9.47 Å². The van der Waals surface area contributed by atoms with E-state index in [9.17, 15) is 4.79 Å². The maximum atomic E-state index is 10.5. The second kappa shape index (κ2) is 6.05. The summed E-state index contributed by atoms with van der Waals surface area (Å²) in [6.07, 6.45) is 1.34. The van der Waals surface area contributed by atoms with Crippen molar-refractivity contribution in [2.24, 2.45) is 0 Å². The predicted octanol–water partition coefficient (Wildman–Crippen LogP) is 3.11. The van der Waals surface area contributed by atoms with Gasteiger partial charge in [0.2, 0.25) is 0 Å². The van der Waals surface area contributed by atoms with Crippen molar-refractivity contribution in [1.82, 2.24) is 0 Å². The highest BCUT2D eigenvalue weighted by Crippen LogP contribution is 2.33. The fourth-order valence-corrected chi connectivity index (χ4v) is 1.96. The number of hydrogen-bond donors (Lipinski definition) is 0. The molecule has 0 aliphatic carbocycles. The zero-order valence-corrected chi connectivity index (χ0v) is 11.1. The smallest absolute Gasteiger partial charge is 0.126 e. The highest BCUT2D eigenvalue weighted by atomic mass is 16.5. The molecule has 0 atom stereocenters. The summed E-state index contributed by atoms with van der Waals surface area (Å²) in [4.78, 5) is 10.5. The molecule has 0 spiro atoms. The topological polar surface area (TPSA) is 35.5 Å². The van der Waals surface area contributed by atoms with Gasteiger partial charge in [-0.1, -0.05) is 24.3 Å². The Morgan fingerprint density at radius 1 is 1.00 bits per heavy atom. The molecule has 3 nitrogen and oxygen atoms in total. The minimum absolute atomic E-state index is 0.440. The molecule has 0 aliphatic heterocycles. The van der Waals surface area contributed by atoms with E-state index in [-0.39, 0.29) is 0 Å². The van der Waals surface area contributed by atoms with Crippen molar-refractivity contribution >= 4 is 6.29 Å². The van der Waals surface area contributed by atoms with Crippen LogP contribution in [-0.2, 0) is 11.2 Å². The highest BCUT2D eigenvalue weighted by Gasteiger charge is 2.07. The first-order valence-electron chi connectivity index (χ1n) is 6.03. The summed E-state index contributed by atoms with van der Waals surface area (Å²) in [7, 11) is 3.28. The maximum Gasteiger partial charge on any atom is 0.126 e. The Bertz CT molecular complexity index is 559. The Morgan fingerprint density at radius 3 is 2.32 bits per heavy atom. The summed E-state index contributed by atoms with van der Waals surface area (Å²) in [5, 5.41) is 0. The maximum absolute atomic E-state index is 10.5. The molecular formula is C16H16O3. The number of ether oxygens (including phenoxy) is 2. The normalized spacial score (nSPS) is 10.0. The number of rotatable bonds is 5. The van der Waals surface area contributed by atoms with E-state index in [0.717, 1.165) is 34.5 Å². The van der Waals surface area contributed by atoms with Crippen LogP contribution in [0.15, 0.2) is 42.5 Å². The van der Waals surface area contributed by atoms with Gasteiger partial charge >= 0.3 is 0 Å². The molecule has 0 saturated heterocycles. The largest absolute Gasteiger partial charge is 0.497 e. The van der Waals surface area contributed by atoms with Crippen LogP contribution in [0, 0.1) is 0 Å². The van der Waals surface area contributed by atoms with Gasteiger partial charge in [0.25, 0.3) is 0 Å². The Labute approximate surface area is 112 Å². The third-order valence-electron chi connectivity index (χ3n) is 2.99. The molecule has 0 aliphatic rings. The average molecular weight is 256 g/mol. The zero-order chi connectivity index (χ0) is 13.7. The summed E-state index contributed by atoms with van der Waals surface area (Å²) >= 11 is 0. The van der Waals surface area contributed by atoms with Gasteiger partial charge in [-0.15, -0.1) is 0 Å². The van der Waals surface area contributed by atoms with Crippen LogP contribution in [0.3, 0.4) is 0 Å². The lowest BCUT2D eigenvalue weighted by Crippen LogP contribution is -1.91. The molecule has 0 radical (unpaired) electrons. The van der Waals surface area contributed by atoms with Gasteiger partial charge in [-0.05, 0) is 29.3 Å². The molecule has 2 rings (SSSR count). The van der Waals surface area contributed by atoms with E-state index >= 15 is 0 Å². The molecule has 0 heterocycles. The second-order valence-electron chi connectivity index (χ2n) is 4.13. The predicted molar refractivity (Wildman–Crippen MR) is 74.8 cm³/mol. The van der Waals surface area contributed by atoms with Gasteiger partial charge < -0.3 is 14.3 Å². The standard InChI is InChI=1S/C16H16O3/c1-18-14-7-8-16(19-2)15(11-14)13-5-3-12(4-6-13)9-10-17/h3-8,10-11H,9H2,1-2H3. The van der Waals surface area contributed by atoms with Gasteiger partial charge in [-0.3, -0.25) is 0 Å². The number of hydrogen-bond acceptors (Lipinski definition) is 3. The molecule has 0 fully saturated rings. The molecule has 0 aromatic heterocycles. The minimum Gasteiger partial charge on any atom is -0.497 e. The average Bonchev–Trinajstić information content (AvgIpc) is 2.47. The Balaban J connectivity index is 2.41. The number of carbonyl (C=O) groups excluding carboxylic acids is 1. The molecule has 0 unspecified atom stereocenters. The summed E-state index contributed by atoms with van der Waals surface area (Å²) in [5.41, 5.74) is 3.01. The van der Waals surface area contributed by atoms with Crippen LogP contribution in [0.2, 0.25) is 0 Å². The third kappa shape index (κ3) is 2.94. The summed E-state index contributed by atoms with van der Waals surface area (Å²) in [5.74, 6) is 1.58. The van der Waals surface area contributed by atoms with Gasteiger partial charge in [-0.2, -0.15) is 0 Å². The number of benzene rings is 2. The first-order valence-corrected chi connectivity index (χ1v) is 6.03. The molecule has 0 N–H and O–H groups in total. The van der Waals surface area contributed by atoms with Crippen molar-refractivity contribution in [3.05, 3.63) is 48.0 Å². The van der Waals surface area contributed by atoms with Crippen LogP contribution in [0.5, 0.6) is 11.5 Å². The lowest BCUT2D eigenvalue weighted by atomic mass is 10.0. The Morgan fingerprint density at radius 2 is 1.74 bits per heavy atom. The van der Waals surface area contributed by atoms with Gasteiger partial charge in [0.05, 0.1) is 14.2 Å². The van der Waals surface area contributed by atoms with Crippen LogP contribution in [0.25, 0.3) is 11.1 Å². The number of aldehydes is 1. The molecule has 2 aromatic rings. The monoisotopic (exact) mass is 256 g/mol. The van der Waals surface area contributed by atoms with E-state index in [1.165, 1.54) is 0 Å². The van der Waals surface area contributed by atoms with Crippen LogP contribution in [0.4, 0.5) is 0 Å². The molecule has 0 amide bonds. The van der Waals surface area contributed by atoms with Gasteiger partial charge in [0.15, 0.2) is 0 Å². The molecule has 2 aromatic carbocycles. The Hall–Kier alpha value is -2.29. The van der Waals surface area contributed by atoms with E-state index in [1.54, 1.807) is 14.2 Å². The minimum atomic E-state index is 0.440. The molecule has 3 heteroatoms. The Kier molecular flexibility index (Phi) is 4.18. The van der Waals surface area contributed by atoms with Crippen molar-refractivity contribution in [3.63, 3.8) is 0 Å². The van der Waals surface area contributed by atoms with Crippen molar-refractivity contribution in [2.75, 3.05) is 14.2 Å². The summed E-state index contributed by atoms with van der Waals surface area (Å²) < 4.78 is 10.6. The van der Waals surface area contributed by atoms with E-state index in [1.807, 2.05) is 42.5 Å². The quantitative estimate of drug-likeness (QED) is 0.771. The van der Waals surface area contributed by atoms with Crippen molar-refractivity contribution in [1.29, 1.82) is 0 Å². The van der Waals surface area contributed by atoms with Crippen molar-refractivity contribution in [3.8, 4) is 22.6 Å². The first-order chi connectivity index (χ1) is 9.28. The molecular weight excluding hydrogens is 240 g/mol. The third-order valence-corrected chi connectivity index (χ3v) is 2.99. The van der Waals surface area contributed by atoms with E-state index < -0.39 is 0 Å². The summed E-state index contributed by atoms with van der Waals surface area (Å²) in [6.45, 7) is 0. The van der Waals surface area contributed by atoms with Crippen molar-refractivity contribution in [2.45, 2.75) is 6.42 Å². The number of carbonyl (C=O) groups is 1. The van der Waals surface area contributed by atoms with E-state index in [0.29, 0.717) is 6.42 Å².